The van der Waals surface area contributed by atoms with E-state index in [4.69, 9.17) is 4.74 Å². The fraction of sp³-hybridized carbons (Fsp3) is 0.350. The Kier molecular flexibility index (Phi) is 5.68. The molecule has 5 heteroatoms. The summed E-state index contributed by atoms with van der Waals surface area (Å²) in [6.07, 6.45) is 0. The molecule has 2 aromatic rings. The maximum atomic E-state index is 11.8. The molecule has 2 unspecified atom stereocenters. The number of hydrogen-bond acceptors (Lipinski definition) is 4. The third-order valence-corrected chi connectivity index (χ3v) is 4.77. The van der Waals surface area contributed by atoms with Crippen molar-refractivity contribution in [1.29, 1.82) is 0 Å². The van der Waals surface area contributed by atoms with Crippen LogP contribution in [0, 0.1) is 0 Å². The van der Waals surface area contributed by atoms with E-state index in [9.17, 15) is 9.90 Å². The topological polar surface area (TPSA) is 61.8 Å². The summed E-state index contributed by atoms with van der Waals surface area (Å²) in [5.74, 6) is -0.481. The molecule has 132 valence electrons. The Balaban J connectivity index is 1.80. The number of nitrogens with one attached hydrogen (secondary N) is 1. The summed E-state index contributed by atoms with van der Waals surface area (Å²) >= 11 is 0. The number of benzene rings is 2. The summed E-state index contributed by atoms with van der Waals surface area (Å²) in [6.45, 7) is 3.01. The fourth-order valence-electron chi connectivity index (χ4n) is 3.37. The van der Waals surface area contributed by atoms with Crippen LogP contribution in [0.25, 0.3) is 0 Å². The van der Waals surface area contributed by atoms with Gasteiger partial charge >= 0.3 is 5.97 Å². The number of hydrogen-bond donors (Lipinski definition) is 2. The monoisotopic (exact) mass is 340 g/mol. The maximum Gasteiger partial charge on any atom is 0.312 e. The van der Waals surface area contributed by atoms with E-state index in [0.717, 1.165) is 30.9 Å². The Hall–Kier alpha value is -2.37. The van der Waals surface area contributed by atoms with Crippen LogP contribution in [0.2, 0.25) is 0 Å². The third kappa shape index (κ3) is 4.18. The normalized spacial score (nSPS) is 19.3. The molecule has 0 aromatic heterocycles. The molecule has 0 spiro atoms. The van der Waals surface area contributed by atoms with Gasteiger partial charge in [-0.3, -0.25) is 9.69 Å². The molecule has 2 N–H and O–H groups in total. The van der Waals surface area contributed by atoms with Crippen LogP contribution in [-0.2, 0) is 4.79 Å². The molecular formula is C20H24N2O3. The van der Waals surface area contributed by atoms with E-state index in [2.05, 4.69) is 22.3 Å². The van der Waals surface area contributed by atoms with Crippen molar-refractivity contribution in [3.8, 4) is 5.75 Å². The number of carbonyl (C=O) groups is 1. The number of nitrogens with zero attached hydrogens (tertiary/aromatic N) is 1. The lowest BCUT2D eigenvalue weighted by molar-refractivity contribution is -0.139. The minimum atomic E-state index is -0.779. The van der Waals surface area contributed by atoms with Crippen molar-refractivity contribution in [2.45, 2.75) is 12.0 Å². The molecule has 0 bridgehead atoms. The molecular weight excluding hydrogens is 316 g/mol. The predicted molar refractivity (Wildman–Crippen MR) is 97.0 cm³/mol. The standard InChI is InChI=1S/C20H24N2O3/c1-25-17-9-7-16(8-10-17)19-13-21-11-12-22(19)14-18(20(23)24)15-5-3-2-4-6-15/h2-10,18-19,21H,11-14H2,1H3,(H,23,24). The Morgan fingerprint density at radius 3 is 2.60 bits per heavy atom. The molecule has 25 heavy (non-hydrogen) atoms. The number of methoxy groups -OCH3 is 1. The summed E-state index contributed by atoms with van der Waals surface area (Å²) in [5, 5.41) is 13.1. The van der Waals surface area contributed by atoms with Crippen molar-refractivity contribution in [3.05, 3.63) is 65.7 Å². The summed E-state index contributed by atoms with van der Waals surface area (Å²) in [7, 11) is 1.65. The van der Waals surface area contributed by atoms with Crippen LogP contribution in [0.3, 0.4) is 0 Å². The first-order chi connectivity index (χ1) is 12.2. The number of ether oxygens (including phenoxy) is 1. The van der Waals surface area contributed by atoms with Crippen molar-refractivity contribution < 1.29 is 14.6 Å². The van der Waals surface area contributed by atoms with E-state index < -0.39 is 11.9 Å². The summed E-state index contributed by atoms with van der Waals surface area (Å²) in [5.41, 5.74) is 2.02. The molecule has 1 fully saturated rings. The third-order valence-electron chi connectivity index (χ3n) is 4.77. The highest BCUT2D eigenvalue weighted by atomic mass is 16.5. The number of rotatable bonds is 6. The molecule has 0 aliphatic carbocycles. The van der Waals surface area contributed by atoms with Gasteiger partial charge in [-0.15, -0.1) is 0 Å². The van der Waals surface area contributed by atoms with Gasteiger partial charge in [-0.25, -0.2) is 0 Å². The zero-order valence-corrected chi connectivity index (χ0v) is 14.4. The lowest BCUT2D eigenvalue weighted by Gasteiger charge is -2.38. The van der Waals surface area contributed by atoms with E-state index in [1.807, 2.05) is 42.5 Å². The van der Waals surface area contributed by atoms with Gasteiger partial charge in [0, 0.05) is 32.2 Å². The first-order valence-electron chi connectivity index (χ1n) is 8.55. The van der Waals surface area contributed by atoms with Gasteiger partial charge in [0.15, 0.2) is 0 Å². The molecule has 5 nitrogen and oxygen atoms in total. The average Bonchev–Trinajstić information content (AvgIpc) is 2.67. The summed E-state index contributed by atoms with van der Waals surface area (Å²) in [6, 6.07) is 17.7. The SMILES string of the molecule is COc1ccc(C2CNCCN2CC(C(=O)O)c2ccccc2)cc1. The predicted octanol–water partition coefficient (Wildman–Crippen LogP) is 2.51. The van der Waals surface area contributed by atoms with Crippen molar-refractivity contribution in [2.24, 2.45) is 0 Å². The summed E-state index contributed by atoms with van der Waals surface area (Å²) < 4.78 is 5.23. The highest BCUT2D eigenvalue weighted by Crippen LogP contribution is 2.27. The number of carboxylic acid groups (broad SMARTS) is 1. The van der Waals surface area contributed by atoms with Crippen molar-refractivity contribution in [3.63, 3.8) is 0 Å². The van der Waals surface area contributed by atoms with Crippen LogP contribution in [0.1, 0.15) is 23.1 Å². The Morgan fingerprint density at radius 2 is 1.96 bits per heavy atom. The first-order valence-corrected chi connectivity index (χ1v) is 8.55. The molecule has 0 radical (unpaired) electrons. The Bertz CT molecular complexity index is 688. The molecule has 1 heterocycles. The average molecular weight is 340 g/mol. The largest absolute Gasteiger partial charge is 0.497 e. The van der Waals surface area contributed by atoms with Crippen molar-refractivity contribution in [1.82, 2.24) is 10.2 Å². The van der Waals surface area contributed by atoms with Gasteiger partial charge in [0.25, 0.3) is 0 Å². The van der Waals surface area contributed by atoms with Crippen LogP contribution < -0.4 is 10.1 Å². The summed E-state index contributed by atoms with van der Waals surface area (Å²) in [4.78, 5) is 14.1. The molecule has 0 amide bonds. The van der Waals surface area contributed by atoms with Gasteiger partial charge < -0.3 is 15.2 Å². The lowest BCUT2D eigenvalue weighted by atomic mass is 9.96. The van der Waals surface area contributed by atoms with E-state index in [-0.39, 0.29) is 6.04 Å². The zero-order chi connectivity index (χ0) is 17.6. The van der Waals surface area contributed by atoms with Gasteiger partial charge in [0.05, 0.1) is 13.0 Å². The molecule has 2 atom stereocenters. The Morgan fingerprint density at radius 1 is 1.24 bits per heavy atom. The van der Waals surface area contributed by atoms with Crippen molar-refractivity contribution in [2.75, 3.05) is 33.3 Å². The van der Waals surface area contributed by atoms with Crippen LogP contribution in [0.4, 0.5) is 0 Å². The lowest BCUT2D eigenvalue weighted by Crippen LogP contribution is -2.48. The van der Waals surface area contributed by atoms with Gasteiger partial charge in [0.2, 0.25) is 0 Å². The highest BCUT2D eigenvalue weighted by Gasteiger charge is 2.29. The first kappa shape index (κ1) is 17.5. The number of piperazine rings is 1. The Labute approximate surface area is 148 Å². The fourth-order valence-corrected chi connectivity index (χ4v) is 3.37. The van der Waals surface area contributed by atoms with E-state index in [1.54, 1.807) is 7.11 Å². The maximum absolute atomic E-state index is 11.8. The van der Waals surface area contributed by atoms with Crippen LogP contribution in [-0.4, -0.2) is 49.3 Å². The minimum absolute atomic E-state index is 0.158. The molecule has 1 aliphatic heterocycles. The van der Waals surface area contributed by atoms with Crippen molar-refractivity contribution >= 4 is 5.97 Å². The smallest absolute Gasteiger partial charge is 0.312 e. The molecule has 1 aliphatic rings. The molecule has 2 aromatic carbocycles. The van der Waals surface area contributed by atoms with Gasteiger partial charge in [-0.1, -0.05) is 42.5 Å². The highest BCUT2D eigenvalue weighted by molar-refractivity contribution is 5.76. The van der Waals surface area contributed by atoms with E-state index in [1.165, 1.54) is 5.56 Å². The molecule has 3 rings (SSSR count). The van der Waals surface area contributed by atoms with E-state index in [0.29, 0.717) is 6.54 Å². The second kappa shape index (κ2) is 8.14. The second-order valence-corrected chi connectivity index (χ2v) is 6.29. The van der Waals surface area contributed by atoms with Gasteiger partial charge in [0.1, 0.15) is 5.75 Å². The number of aliphatic carboxylic acids is 1. The number of carboxylic acids is 1. The second-order valence-electron chi connectivity index (χ2n) is 6.29. The van der Waals surface area contributed by atoms with Crippen LogP contribution >= 0.6 is 0 Å². The van der Waals surface area contributed by atoms with Gasteiger partial charge in [-0.2, -0.15) is 0 Å². The van der Waals surface area contributed by atoms with E-state index >= 15 is 0 Å². The van der Waals surface area contributed by atoms with Gasteiger partial charge in [-0.05, 0) is 23.3 Å². The quantitative estimate of drug-likeness (QED) is 0.846. The molecule has 0 saturated carbocycles. The van der Waals surface area contributed by atoms with Crippen LogP contribution in [0.5, 0.6) is 5.75 Å². The van der Waals surface area contributed by atoms with Crippen LogP contribution in [0.15, 0.2) is 54.6 Å². The molecule has 1 saturated heterocycles. The zero-order valence-electron chi connectivity index (χ0n) is 14.4. The minimum Gasteiger partial charge on any atom is -0.497 e.